The van der Waals surface area contributed by atoms with Crippen molar-refractivity contribution >= 4 is 13.2 Å². The van der Waals surface area contributed by atoms with Crippen molar-refractivity contribution in [1.82, 2.24) is 5.32 Å². The van der Waals surface area contributed by atoms with E-state index in [1.165, 1.54) is 0 Å². The van der Waals surface area contributed by atoms with Gasteiger partial charge in [-0.3, -0.25) is 0 Å². The zero-order valence-corrected chi connectivity index (χ0v) is 18.1. The summed E-state index contributed by atoms with van der Waals surface area (Å²) in [7, 11) is -0.250. The summed E-state index contributed by atoms with van der Waals surface area (Å²) in [6, 6.07) is -0.292. The molecule has 1 atom stereocenters. The summed E-state index contributed by atoms with van der Waals surface area (Å²) in [5.41, 5.74) is 0.0345. The van der Waals surface area contributed by atoms with Gasteiger partial charge in [0.05, 0.1) is 17.2 Å². The molecule has 0 spiro atoms. The van der Waals surface area contributed by atoms with Crippen LogP contribution in [0.5, 0.6) is 0 Å². The maximum absolute atomic E-state index is 11.0. The highest BCUT2D eigenvalue weighted by atomic mass is 16.7. The Morgan fingerprint density at radius 2 is 1.58 bits per heavy atom. The van der Waals surface area contributed by atoms with E-state index < -0.39 is 11.7 Å². The van der Waals surface area contributed by atoms with E-state index in [0.717, 1.165) is 5.47 Å². The molecule has 1 fully saturated rings. The van der Waals surface area contributed by atoms with Crippen LogP contribution in [0.3, 0.4) is 0 Å². The highest BCUT2D eigenvalue weighted by Gasteiger charge is 2.52. The summed E-state index contributed by atoms with van der Waals surface area (Å²) in [4.78, 5) is 11.0. The van der Waals surface area contributed by atoms with Crippen molar-refractivity contribution in [1.29, 1.82) is 0 Å². The van der Waals surface area contributed by atoms with Gasteiger partial charge in [0.1, 0.15) is 5.60 Å². The first-order chi connectivity index (χ1) is 11.5. The van der Waals surface area contributed by atoms with Gasteiger partial charge in [0.25, 0.3) is 0 Å². The van der Waals surface area contributed by atoms with Gasteiger partial charge in [0, 0.05) is 0 Å². The molecule has 1 rings (SSSR count). The summed E-state index contributed by atoms with van der Waals surface area (Å²) in [6.45, 7) is 23.6. The van der Waals surface area contributed by atoms with E-state index in [1.807, 2.05) is 0 Å². The maximum Gasteiger partial charge on any atom is 0.490 e. The van der Waals surface area contributed by atoms with Crippen LogP contribution in [-0.4, -0.2) is 36.1 Å². The summed E-state index contributed by atoms with van der Waals surface area (Å²) >= 11 is 0. The van der Waals surface area contributed by atoms with Crippen molar-refractivity contribution < 1.29 is 18.8 Å². The third kappa shape index (κ3) is 7.84. The second-order valence-electron chi connectivity index (χ2n) is 8.85. The SMILES string of the molecule is C#C[C@@H](C)NC(=O)OC(C)(C)C.C=C(B1OC(C)(C)C(C)(C)O1)C(C)C. The fraction of sp³-hybridized carbons (Fsp3) is 0.750. The molecule has 0 unspecified atom stereocenters. The molecule has 0 aromatic heterocycles. The monoisotopic (exact) mass is 365 g/mol. The van der Waals surface area contributed by atoms with Crippen LogP contribution >= 0.6 is 0 Å². The number of hydrogen-bond acceptors (Lipinski definition) is 4. The van der Waals surface area contributed by atoms with Crippen molar-refractivity contribution in [3.8, 4) is 12.3 Å². The molecule has 5 nitrogen and oxygen atoms in total. The predicted octanol–water partition coefficient (Wildman–Crippen LogP) is 4.36. The lowest BCUT2D eigenvalue weighted by molar-refractivity contribution is 0.00578. The quantitative estimate of drug-likeness (QED) is 0.596. The largest absolute Gasteiger partial charge is 0.490 e. The number of alkyl carbamates (subject to hydrolysis) is 1. The van der Waals surface area contributed by atoms with Crippen LogP contribution in [-0.2, 0) is 14.0 Å². The van der Waals surface area contributed by atoms with E-state index in [2.05, 4.69) is 59.4 Å². The van der Waals surface area contributed by atoms with E-state index in [0.29, 0.717) is 5.92 Å². The number of terminal acetylenes is 1. The number of nitrogens with one attached hydrogen (secondary N) is 1. The third-order valence-electron chi connectivity index (χ3n) is 4.28. The second-order valence-corrected chi connectivity index (χ2v) is 8.85. The van der Waals surface area contributed by atoms with Crippen LogP contribution in [0, 0.1) is 18.3 Å². The van der Waals surface area contributed by atoms with Gasteiger partial charge in [0.2, 0.25) is 0 Å². The molecule has 1 heterocycles. The van der Waals surface area contributed by atoms with E-state index in [-0.39, 0.29) is 24.4 Å². The molecule has 0 radical (unpaired) electrons. The molecule has 0 bridgehead atoms. The molecule has 148 valence electrons. The Hall–Kier alpha value is -1.45. The first-order valence-corrected chi connectivity index (χ1v) is 9.02. The Balaban J connectivity index is 0.000000488. The van der Waals surface area contributed by atoms with Gasteiger partial charge in [-0.25, -0.2) is 4.79 Å². The van der Waals surface area contributed by atoms with Crippen LogP contribution in [0.25, 0.3) is 0 Å². The summed E-state index contributed by atoms with van der Waals surface area (Å²) in [5.74, 6) is 2.76. The fourth-order valence-electron chi connectivity index (χ4n) is 1.79. The van der Waals surface area contributed by atoms with Gasteiger partial charge in [-0.15, -0.1) is 13.0 Å². The molecule has 0 aromatic rings. The molecule has 1 amide bonds. The van der Waals surface area contributed by atoms with Crippen molar-refractivity contribution in [3.63, 3.8) is 0 Å². The molecule has 0 aromatic carbocycles. The van der Waals surface area contributed by atoms with Crippen LogP contribution < -0.4 is 5.32 Å². The van der Waals surface area contributed by atoms with Gasteiger partial charge in [0.15, 0.2) is 0 Å². The molecule has 1 aliphatic rings. The van der Waals surface area contributed by atoms with Crippen molar-refractivity contribution in [2.45, 2.75) is 92.1 Å². The van der Waals surface area contributed by atoms with Gasteiger partial charge in [-0.05, 0) is 66.8 Å². The first-order valence-electron chi connectivity index (χ1n) is 9.02. The van der Waals surface area contributed by atoms with Crippen molar-refractivity contribution in [2.75, 3.05) is 0 Å². The van der Waals surface area contributed by atoms with Crippen molar-refractivity contribution in [2.24, 2.45) is 5.92 Å². The minimum atomic E-state index is -0.479. The summed E-state index contributed by atoms with van der Waals surface area (Å²) in [6.07, 6.45) is 4.59. The van der Waals surface area contributed by atoms with Crippen LogP contribution in [0.1, 0.15) is 69.2 Å². The van der Waals surface area contributed by atoms with E-state index in [9.17, 15) is 4.79 Å². The molecule has 1 aliphatic heterocycles. The lowest BCUT2D eigenvalue weighted by Crippen LogP contribution is -2.41. The number of hydrogen-bond donors (Lipinski definition) is 1. The van der Waals surface area contributed by atoms with E-state index in [4.69, 9.17) is 20.5 Å². The minimum Gasteiger partial charge on any atom is -0.444 e. The fourth-order valence-corrected chi connectivity index (χ4v) is 1.79. The number of ether oxygens (including phenoxy) is 1. The Morgan fingerprint density at radius 1 is 1.15 bits per heavy atom. The molecular weight excluding hydrogens is 329 g/mol. The molecule has 1 saturated heterocycles. The number of amides is 1. The van der Waals surface area contributed by atoms with Gasteiger partial charge < -0.3 is 19.4 Å². The van der Waals surface area contributed by atoms with Crippen molar-refractivity contribution in [3.05, 3.63) is 12.1 Å². The predicted molar refractivity (Wildman–Crippen MR) is 108 cm³/mol. The first kappa shape index (κ1) is 24.6. The zero-order valence-electron chi connectivity index (χ0n) is 18.1. The molecule has 6 heteroatoms. The standard InChI is InChI=1S/C11H21BO2.C9H15NO2/c1-8(2)9(3)12-13-10(4,5)11(6,7)14-12;1-6-7(2)10-8(11)12-9(3,4)5/h8H,3H2,1-2,4-7H3;1,7H,2-5H3,(H,10,11)/t;7-/m.1/s1. The lowest BCUT2D eigenvalue weighted by Gasteiger charge is -2.32. The summed E-state index contributed by atoms with van der Waals surface area (Å²) < 4.78 is 16.7. The van der Waals surface area contributed by atoms with Crippen LogP contribution in [0.15, 0.2) is 12.1 Å². The topological polar surface area (TPSA) is 56.8 Å². The lowest BCUT2D eigenvalue weighted by atomic mass is 9.73. The molecule has 1 N–H and O–H groups in total. The minimum absolute atomic E-state index is 0.250. The van der Waals surface area contributed by atoms with Crippen LogP contribution in [0.2, 0.25) is 0 Å². The Labute approximate surface area is 160 Å². The van der Waals surface area contributed by atoms with E-state index in [1.54, 1.807) is 27.7 Å². The Kier molecular flexibility index (Phi) is 8.47. The second kappa shape index (κ2) is 8.97. The summed E-state index contributed by atoms with van der Waals surface area (Å²) in [5, 5.41) is 2.49. The van der Waals surface area contributed by atoms with Crippen LogP contribution in [0.4, 0.5) is 4.79 Å². The average molecular weight is 365 g/mol. The Bertz CT molecular complexity index is 525. The molecule has 26 heavy (non-hydrogen) atoms. The van der Waals surface area contributed by atoms with Gasteiger partial charge >= 0.3 is 13.2 Å². The Morgan fingerprint density at radius 3 is 1.88 bits per heavy atom. The average Bonchev–Trinajstić information content (AvgIpc) is 2.64. The van der Waals surface area contributed by atoms with E-state index >= 15 is 0 Å². The smallest absolute Gasteiger partial charge is 0.444 e. The number of carbonyl (C=O) groups excluding carboxylic acids is 1. The zero-order chi connectivity index (χ0) is 20.9. The van der Waals surface area contributed by atoms with Gasteiger partial charge in [-0.2, -0.15) is 0 Å². The van der Waals surface area contributed by atoms with Gasteiger partial charge in [-0.1, -0.05) is 19.8 Å². The highest BCUT2D eigenvalue weighted by Crippen LogP contribution is 2.39. The third-order valence-corrected chi connectivity index (χ3v) is 4.28. The maximum atomic E-state index is 11.0. The normalized spacial score (nSPS) is 19.1. The number of carbonyl (C=O) groups is 1. The number of rotatable bonds is 3. The molecular formula is C20H36BNO4. The number of allylic oxidation sites excluding steroid dienone is 1. The molecule has 0 saturated carbocycles. The molecule has 0 aliphatic carbocycles. The highest BCUT2D eigenvalue weighted by molar-refractivity contribution is 6.54.